The number of ether oxygens (including phenoxy) is 1. The van der Waals surface area contributed by atoms with Crippen LogP contribution in [0.15, 0.2) is 40.4 Å². The van der Waals surface area contributed by atoms with E-state index in [9.17, 15) is 9.59 Å². The predicted molar refractivity (Wildman–Crippen MR) is 107 cm³/mol. The third-order valence-corrected chi connectivity index (χ3v) is 5.60. The maximum Gasteiger partial charge on any atom is 0.252 e. The molecule has 1 aliphatic heterocycles. The minimum absolute atomic E-state index is 0.166. The Bertz CT molecular complexity index is 967. The highest BCUT2D eigenvalue weighted by Crippen LogP contribution is 2.31. The summed E-state index contributed by atoms with van der Waals surface area (Å²) in [6, 6.07) is 7.78. The molecule has 3 heterocycles. The summed E-state index contributed by atoms with van der Waals surface area (Å²) in [5.41, 5.74) is 3.65. The molecule has 0 atom stereocenters. The molecule has 3 aromatic rings. The van der Waals surface area contributed by atoms with E-state index in [-0.39, 0.29) is 24.8 Å². The topological polar surface area (TPSA) is 80.3 Å². The molecule has 0 aliphatic carbocycles. The third-order valence-electron chi connectivity index (χ3n) is 4.16. The number of thiophene rings is 1. The van der Waals surface area contributed by atoms with Crippen LogP contribution in [0.25, 0.3) is 11.3 Å². The van der Waals surface area contributed by atoms with Gasteiger partial charge in [0.25, 0.3) is 5.91 Å². The fraction of sp³-hybridized carbons (Fsp3) is 0.211. The van der Waals surface area contributed by atoms with E-state index in [0.29, 0.717) is 10.7 Å². The number of rotatable bonds is 6. The van der Waals surface area contributed by atoms with E-state index in [2.05, 4.69) is 21.7 Å². The zero-order valence-electron chi connectivity index (χ0n) is 14.4. The normalized spacial score (nSPS) is 12.3. The summed E-state index contributed by atoms with van der Waals surface area (Å²) in [5.74, 6) is 0.594. The van der Waals surface area contributed by atoms with Crippen LogP contribution in [0, 0.1) is 0 Å². The van der Waals surface area contributed by atoms with Crippen LogP contribution in [0.4, 0.5) is 5.13 Å². The van der Waals surface area contributed by atoms with Crippen molar-refractivity contribution in [1.82, 2.24) is 10.3 Å². The van der Waals surface area contributed by atoms with E-state index < -0.39 is 0 Å². The highest BCUT2D eigenvalue weighted by Gasteiger charge is 2.14. The number of nitrogens with zero attached hydrogens (tertiary/aromatic N) is 1. The molecule has 138 valence electrons. The van der Waals surface area contributed by atoms with Crippen molar-refractivity contribution in [2.75, 3.05) is 18.5 Å². The van der Waals surface area contributed by atoms with Gasteiger partial charge in [-0.15, -0.1) is 11.3 Å². The van der Waals surface area contributed by atoms with Crippen molar-refractivity contribution in [3.63, 3.8) is 0 Å². The Kier molecular flexibility index (Phi) is 5.17. The predicted octanol–water partition coefficient (Wildman–Crippen LogP) is 3.57. The summed E-state index contributed by atoms with van der Waals surface area (Å²) >= 11 is 2.85. The molecule has 4 rings (SSSR count). The van der Waals surface area contributed by atoms with Gasteiger partial charge >= 0.3 is 0 Å². The Morgan fingerprint density at radius 3 is 3.00 bits per heavy atom. The minimum atomic E-state index is -0.177. The average Bonchev–Trinajstić information content (AvgIpc) is 3.42. The van der Waals surface area contributed by atoms with Crippen molar-refractivity contribution in [3.05, 3.63) is 51.5 Å². The number of thiazole rings is 1. The lowest BCUT2D eigenvalue weighted by molar-refractivity contribution is -0.116. The lowest BCUT2D eigenvalue weighted by Gasteiger charge is -2.04. The fourth-order valence-electron chi connectivity index (χ4n) is 2.78. The fourth-order valence-corrected chi connectivity index (χ4v) is 4.15. The van der Waals surface area contributed by atoms with Gasteiger partial charge in [0.15, 0.2) is 5.13 Å². The number of hydrogen-bond acceptors (Lipinski definition) is 6. The lowest BCUT2D eigenvalue weighted by atomic mass is 10.1. The number of carbonyl (C=O) groups is 2. The molecule has 27 heavy (non-hydrogen) atoms. The SMILES string of the molecule is O=C(CCNC(=O)c1ccsc1)Nc1nc(-c2ccc3c(c2)CCO3)cs1. The molecule has 8 heteroatoms. The number of amides is 2. The van der Waals surface area contributed by atoms with Crippen LogP contribution in [-0.4, -0.2) is 29.9 Å². The summed E-state index contributed by atoms with van der Waals surface area (Å²) in [7, 11) is 0. The molecule has 1 aromatic carbocycles. The van der Waals surface area contributed by atoms with E-state index in [1.54, 1.807) is 11.4 Å². The molecular formula is C19H17N3O3S2. The number of carbonyl (C=O) groups excluding carboxylic acids is 2. The Morgan fingerprint density at radius 1 is 1.22 bits per heavy atom. The van der Waals surface area contributed by atoms with Gasteiger partial charge in [-0.05, 0) is 35.2 Å². The highest BCUT2D eigenvalue weighted by atomic mass is 32.1. The van der Waals surface area contributed by atoms with Gasteiger partial charge in [0.1, 0.15) is 5.75 Å². The van der Waals surface area contributed by atoms with Crippen LogP contribution in [-0.2, 0) is 11.2 Å². The summed E-state index contributed by atoms with van der Waals surface area (Å²) < 4.78 is 5.52. The zero-order chi connectivity index (χ0) is 18.6. The van der Waals surface area contributed by atoms with Crippen LogP contribution in [0.5, 0.6) is 5.75 Å². The van der Waals surface area contributed by atoms with Gasteiger partial charge in [-0.1, -0.05) is 0 Å². The highest BCUT2D eigenvalue weighted by molar-refractivity contribution is 7.14. The standard InChI is InChI=1S/C19H17N3O3S2/c23-17(3-6-20-18(24)14-5-8-26-10-14)22-19-21-15(11-27-19)12-1-2-16-13(9-12)4-7-25-16/h1-2,5,8-11H,3-4,6-7H2,(H,20,24)(H,21,22,23). The Labute approximate surface area is 164 Å². The number of nitrogens with one attached hydrogen (secondary N) is 2. The van der Waals surface area contributed by atoms with Crippen molar-refractivity contribution in [2.45, 2.75) is 12.8 Å². The first kappa shape index (κ1) is 17.7. The number of benzene rings is 1. The van der Waals surface area contributed by atoms with Gasteiger partial charge in [0, 0.05) is 41.3 Å². The van der Waals surface area contributed by atoms with E-state index in [1.807, 2.05) is 22.9 Å². The van der Waals surface area contributed by atoms with Crippen molar-refractivity contribution in [2.24, 2.45) is 0 Å². The van der Waals surface area contributed by atoms with Crippen LogP contribution in [0.1, 0.15) is 22.3 Å². The number of hydrogen-bond donors (Lipinski definition) is 2. The van der Waals surface area contributed by atoms with Crippen LogP contribution >= 0.6 is 22.7 Å². The van der Waals surface area contributed by atoms with Crippen molar-refractivity contribution in [3.8, 4) is 17.0 Å². The molecule has 2 N–H and O–H groups in total. The van der Waals surface area contributed by atoms with Gasteiger partial charge in [0.05, 0.1) is 12.3 Å². The molecule has 2 aromatic heterocycles. The second-order valence-electron chi connectivity index (χ2n) is 6.02. The molecular weight excluding hydrogens is 382 g/mol. The zero-order valence-corrected chi connectivity index (χ0v) is 16.0. The molecule has 0 bridgehead atoms. The largest absolute Gasteiger partial charge is 0.493 e. The first-order valence-corrected chi connectivity index (χ1v) is 10.3. The van der Waals surface area contributed by atoms with E-state index >= 15 is 0 Å². The quantitative estimate of drug-likeness (QED) is 0.664. The van der Waals surface area contributed by atoms with Gasteiger partial charge in [0.2, 0.25) is 5.91 Å². The van der Waals surface area contributed by atoms with Crippen molar-refractivity contribution >= 4 is 39.6 Å². The van der Waals surface area contributed by atoms with Crippen molar-refractivity contribution in [1.29, 1.82) is 0 Å². The molecule has 0 radical (unpaired) electrons. The molecule has 2 amide bonds. The summed E-state index contributed by atoms with van der Waals surface area (Å²) in [6.45, 7) is 1.00. The lowest BCUT2D eigenvalue weighted by Crippen LogP contribution is -2.27. The maximum absolute atomic E-state index is 12.1. The summed E-state index contributed by atoms with van der Waals surface area (Å²) in [4.78, 5) is 28.4. The van der Waals surface area contributed by atoms with Gasteiger partial charge in [-0.25, -0.2) is 4.98 Å². The molecule has 0 saturated carbocycles. The first-order valence-electron chi connectivity index (χ1n) is 8.51. The Hall–Kier alpha value is -2.71. The molecule has 0 unspecified atom stereocenters. The van der Waals surface area contributed by atoms with Crippen molar-refractivity contribution < 1.29 is 14.3 Å². The Morgan fingerprint density at radius 2 is 2.15 bits per heavy atom. The van der Waals surface area contributed by atoms with Gasteiger partial charge in [-0.3, -0.25) is 9.59 Å². The van der Waals surface area contributed by atoms with E-state index in [4.69, 9.17) is 4.74 Å². The minimum Gasteiger partial charge on any atom is -0.493 e. The summed E-state index contributed by atoms with van der Waals surface area (Å²) in [6.07, 6.45) is 1.11. The van der Waals surface area contributed by atoms with E-state index in [0.717, 1.165) is 30.0 Å². The summed E-state index contributed by atoms with van der Waals surface area (Å²) in [5, 5.41) is 11.6. The molecule has 0 saturated heterocycles. The smallest absolute Gasteiger partial charge is 0.252 e. The third kappa shape index (κ3) is 4.17. The molecule has 0 fully saturated rings. The molecule has 0 spiro atoms. The van der Waals surface area contributed by atoms with Gasteiger partial charge < -0.3 is 15.4 Å². The van der Waals surface area contributed by atoms with Gasteiger partial charge in [-0.2, -0.15) is 11.3 Å². The number of fused-ring (bicyclic) bond motifs is 1. The van der Waals surface area contributed by atoms with Crippen LogP contribution < -0.4 is 15.4 Å². The Balaban J connectivity index is 1.30. The van der Waals surface area contributed by atoms with E-state index in [1.165, 1.54) is 28.2 Å². The average molecular weight is 399 g/mol. The monoisotopic (exact) mass is 399 g/mol. The van der Waals surface area contributed by atoms with Crippen LogP contribution in [0.2, 0.25) is 0 Å². The second kappa shape index (κ2) is 7.89. The molecule has 6 nitrogen and oxygen atoms in total. The number of anilines is 1. The maximum atomic E-state index is 12.1. The first-order chi connectivity index (χ1) is 13.2. The van der Waals surface area contributed by atoms with Crippen LogP contribution in [0.3, 0.4) is 0 Å². The molecule has 1 aliphatic rings. The second-order valence-corrected chi connectivity index (χ2v) is 7.66. The number of aromatic nitrogens is 1.